The molecule has 0 fully saturated rings. The number of carbonyl (C=O) groups excluding carboxylic acids is 1. The van der Waals surface area contributed by atoms with Gasteiger partial charge in [-0.1, -0.05) is 18.2 Å². The first-order valence-corrected chi connectivity index (χ1v) is 8.33. The molecule has 6 heteroatoms. The van der Waals surface area contributed by atoms with Gasteiger partial charge in [-0.15, -0.1) is 11.3 Å². The minimum Gasteiger partial charge on any atom is -0.456 e. The summed E-state index contributed by atoms with van der Waals surface area (Å²) in [6.07, 6.45) is 4.66. The molecule has 0 aliphatic carbocycles. The molecule has 25 heavy (non-hydrogen) atoms. The second-order valence-electron chi connectivity index (χ2n) is 5.04. The Morgan fingerprint density at radius 1 is 1.28 bits per heavy atom. The van der Waals surface area contributed by atoms with Gasteiger partial charge in [-0.3, -0.25) is 4.98 Å². The van der Waals surface area contributed by atoms with Gasteiger partial charge in [0, 0.05) is 17.7 Å². The summed E-state index contributed by atoms with van der Waals surface area (Å²) in [6.45, 7) is 0.102. The van der Waals surface area contributed by atoms with Crippen molar-refractivity contribution in [3.8, 4) is 16.8 Å². The summed E-state index contributed by atoms with van der Waals surface area (Å²) in [5.74, 6) is -0.463. The molecule has 3 aromatic rings. The van der Waals surface area contributed by atoms with Gasteiger partial charge in [0.25, 0.3) is 0 Å². The molecule has 0 aliphatic rings. The Balaban J connectivity index is 1.57. The Kier molecular flexibility index (Phi) is 5.29. The van der Waals surface area contributed by atoms with E-state index < -0.39 is 5.97 Å². The van der Waals surface area contributed by atoms with Crippen molar-refractivity contribution in [2.24, 2.45) is 0 Å². The van der Waals surface area contributed by atoms with E-state index in [1.807, 2.05) is 29.6 Å². The molecule has 0 saturated carbocycles. The molecule has 0 spiro atoms. The summed E-state index contributed by atoms with van der Waals surface area (Å²) >= 11 is 1.46. The van der Waals surface area contributed by atoms with Crippen molar-refractivity contribution in [3.63, 3.8) is 0 Å². The van der Waals surface area contributed by atoms with Crippen LogP contribution in [0.15, 0.2) is 60.1 Å². The number of ether oxygens (including phenoxy) is 1. The summed E-state index contributed by atoms with van der Waals surface area (Å²) in [5.41, 5.74) is 2.78. The molecule has 0 atom stereocenters. The molecule has 5 nitrogen and oxygen atoms in total. The van der Waals surface area contributed by atoms with E-state index in [4.69, 9.17) is 10.00 Å². The Morgan fingerprint density at radius 3 is 3.00 bits per heavy atom. The molecule has 1 aromatic carbocycles. The fourth-order valence-electron chi connectivity index (χ4n) is 2.05. The number of benzene rings is 1. The van der Waals surface area contributed by atoms with Gasteiger partial charge in [0.05, 0.1) is 23.0 Å². The SMILES string of the molecule is N#Cc1cccc(/C=C/C(=O)OCc2csc(-c3ccccn3)n2)c1. The van der Waals surface area contributed by atoms with Gasteiger partial charge in [0.15, 0.2) is 0 Å². The molecule has 0 amide bonds. The highest BCUT2D eigenvalue weighted by molar-refractivity contribution is 7.13. The smallest absolute Gasteiger partial charge is 0.331 e. The van der Waals surface area contributed by atoms with Crippen molar-refractivity contribution in [1.29, 1.82) is 5.26 Å². The van der Waals surface area contributed by atoms with Crippen LogP contribution in [0.2, 0.25) is 0 Å². The number of pyridine rings is 1. The van der Waals surface area contributed by atoms with Crippen molar-refractivity contribution < 1.29 is 9.53 Å². The molecule has 3 rings (SSSR count). The number of thiazole rings is 1. The van der Waals surface area contributed by atoms with Crippen LogP contribution in [0.3, 0.4) is 0 Å². The molecule has 0 saturated heterocycles. The highest BCUT2D eigenvalue weighted by Gasteiger charge is 2.07. The van der Waals surface area contributed by atoms with Crippen molar-refractivity contribution in [2.45, 2.75) is 6.61 Å². The summed E-state index contributed by atoms with van der Waals surface area (Å²) in [4.78, 5) is 20.5. The standard InChI is InChI=1S/C19H13N3O2S/c20-11-15-5-3-4-14(10-15)7-8-18(23)24-12-16-13-25-19(22-16)17-6-1-2-9-21-17/h1-10,13H,12H2/b8-7+. The molecule has 0 radical (unpaired) electrons. The molecule has 2 aromatic heterocycles. The Labute approximate surface area is 148 Å². The van der Waals surface area contributed by atoms with Crippen LogP contribution in [-0.4, -0.2) is 15.9 Å². The molecular weight excluding hydrogens is 334 g/mol. The Morgan fingerprint density at radius 2 is 2.20 bits per heavy atom. The zero-order valence-electron chi connectivity index (χ0n) is 13.1. The van der Waals surface area contributed by atoms with Crippen LogP contribution >= 0.6 is 11.3 Å². The first kappa shape index (κ1) is 16.6. The van der Waals surface area contributed by atoms with Gasteiger partial charge in [-0.05, 0) is 35.9 Å². The van der Waals surface area contributed by atoms with Crippen LogP contribution in [0, 0.1) is 11.3 Å². The van der Waals surface area contributed by atoms with Crippen LogP contribution in [0.4, 0.5) is 0 Å². The number of esters is 1. The monoisotopic (exact) mass is 347 g/mol. The van der Waals surface area contributed by atoms with Crippen LogP contribution in [0.25, 0.3) is 16.8 Å². The zero-order chi connectivity index (χ0) is 17.5. The second-order valence-corrected chi connectivity index (χ2v) is 5.90. The lowest BCUT2D eigenvalue weighted by Gasteiger charge is -1.99. The molecule has 0 aliphatic heterocycles. The normalized spacial score (nSPS) is 10.5. The van der Waals surface area contributed by atoms with Gasteiger partial charge in [0.2, 0.25) is 0 Å². The lowest BCUT2D eigenvalue weighted by molar-refractivity contribution is -0.139. The van der Waals surface area contributed by atoms with Crippen LogP contribution < -0.4 is 0 Å². The quantitative estimate of drug-likeness (QED) is 0.518. The fraction of sp³-hybridized carbons (Fsp3) is 0.0526. The van der Waals surface area contributed by atoms with Crippen molar-refractivity contribution in [2.75, 3.05) is 0 Å². The third kappa shape index (κ3) is 4.59. The number of hydrogen-bond acceptors (Lipinski definition) is 6. The number of rotatable bonds is 5. The molecule has 0 unspecified atom stereocenters. The maximum atomic E-state index is 11.8. The zero-order valence-corrected chi connectivity index (χ0v) is 13.9. The van der Waals surface area contributed by atoms with E-state index in [2.05, 4.69) is 16.0 Å². The van der Waals surface area contributed by atoms with E-state index in [1.165, 1.54) is 17.4 Å². The minimum atomic E-state index is -0.463. The number of nitrogens with zero attached hydrogens (tertiary/aromatic N) is 3. The highest BCUT2D eigenvalue weighted by atomic mass is 32.1. The van der Waals surface area contributed by atoms with Gasteiger partial charge < -0.3 is 4.74 Å². The Hall–Kier alpha value is -3.30. The van der Waals surface area contributed by atoms with E-state index in [0.717, 1.165) is 16.3 Å². The van der Waals surface area contributed by atoms with Crippen LogP contribution in [0.5, 0.6) is 0 Å². The number of aromatic nitrogens is 2. The molecule has 0 N–H and O–H groups in total. The highest BCUT2D eigenvalue weighted by Crippen LogP contribution is 2.21. The second kappa shape index (κ2) is 7.99. The summed E-state index contributed by atoms with van der Waals surface area (Å²) in [7, 11) is 0. The van der Waals surface area contributed by atoms with Crippen molar-refractivity contribution in [1.82, 2.24) is 9.97 Å². The molecule has 2 heterocycles. The summed E-state index contributed by atoms with van der Waals surface area (Å²) in [6, 6.07) is 14.7. The van der Waals surface area contributed by atoms with E-state index in [1.54, 1.807) is 30.5 Å². The first-order chi connectivity index (χ1) is 12.2. The largest absolute Gasteiger partial charge is 0.456 e. The fourth-order valence-corrected chi connectivity index (χ4v) is 2.83. The van der Waals surface area contributed by atoms with E-state index in [9.17, 15) is 4.79 Å². The molecular formula is C19H13N3O2S. The lowest BCUT2D eigenvalue weighted by atomic mass is 10.1. The van der Waals surface area contributed by atoms with Crippen molar-refractivity contribution in [3.05, 3.63) is 76.9 Å². The minimum absolute atomic E-state index is 0.102. The third-order valence-corrected chi connectivity index (χ3v) is 4.14. The van der Waals surface area contributed by atoms with E-state index >= 15 is 0 Å². The predicted molar refractivity (Wildman–Crippen MR) is 95.3 cm³/mol. The molecule has 122 valence electrons. The number of nitriles is 1. The number of carbonyl (C=O) groups is 1. The van der Waals surface area contributed by atoms with Gasteiger partial charge in [-0.25, -0.2) is 9.78 Å². The van der Waals surface area contributed by atoms with E-state index in [0.29, 0.717) is 11.3 Å². The first-order valence-electron chi connectivity index (χ1n) is 7.45. The maximum absolute atomic E-state index is 11.8. The van der Waals surface area contributed by atoms with E-state index in [-0.39, 0.29) is 6.61 Å². The van der Waals surface area contributed by atoms with Crippen molar-refractivity contribution >= 4 is 23.4 Å². The lowest BCUT2D eigenvalue weighted by Crippen LogP contribution is -2.01. The summed E-state index contributed by atoms with van der Waals surface area (Å²) in [5, 5.41) is 11.5. The topological polar surface area (TPSA) is 75.9 Å². The van der Waals surface area contributed by atoms with Gasteiger partial charge >= 0.3 is 5.97 Å². The van der Waals surface area contributed by atoms with Crippen LogP contribution in [-0.2, 0) is 16.1 Å². The average Bonchev–Trinajstić information content (AvgIpc) is 3.15. The number of hydrogen-bond donors (Lipinski definition) is 0. The summed E-state index contributed by atoms with van der Waals surface area (Å²) < 4.78 is 5.19. The van der Waals surface area contributed by atoms with Gasteiger partial charge in [-0.2, -0.15) is 5.26 Å². The Bertz CT molecular complexity index is 943. The van der Waals surface area contributed by atoms with Crippen LogP contribution in [0.1, 0.15) is 16.8 Å². The molecule has 0 bridgehead atoms. The average molecular weight is 347 g/mol. The predicted octanol–water partition coefficient (Wildman–Crippen LogP) is 3.83. The third-order valence-electron chi connectivity index (χ3n) is 3.23. The van der Waals surface area contributed by atoms with Gasteiger partial charge in [0.1, 0.15) is 11.6 Å². The maximum Gasteiger partial charge on any atom is 0.331 e.